The maximum atomic E-state index is 5.93. The van der Waals surface area contributed by atoms with Gasteiger partial charge in [-0.2, -0.15) is 0 Å². The predicted octanol–water partition coefficient (Wildman–Crippen LogP) is 5.31. The number of aromatic nitrogens is 2. The molecule has 1 unspecified atom stereocenters. The van der Waals surface area contributed by atoms with Gasteiger partial charge in [0.15, 0.2) is 0 Å². The second-order valence-electron chi connectivity index (χ2n) is 7.89. The molecule has 0 amide bonds. The summed E-state index contributed by atoms with van der Waals surface area (Å²) >= 11 is 0. The molecule has 0 aliphatic rings. The molecule has 0 radical (unpaired) electrons. The number of furan rings is 1. The normalized spacial score (nSPS) is 11.6. The highest BCUT2D eigenvalue weighted by atomic mass is 35.5. The first-order chi connectivity index (χ1) is 15.7. The molecule has 4 rings (SSSR count). The quantitative estimate of drug-likeness (QED) is 0.348. The molecule has 0 saturated heterocycles. The summed E-state index contributed by atoms with van der Waals surface area (Å²) in [6, 6.07) is 18.2. The fourth-order valence-electron chi connectivity index (χ4n) is 3.50. The van der Waals surface area contributed by atoms with Gasteiger partial charge in [-0.1, -0.05) is 55.5 Å². The average molecular weight is 465 g/mol. The van der Waals surface area contributed by atoms with Crippen molar-refractivity contribution in [2.75, 3.05) is 13.2 Å². The van der Waals surface area contributed by atoms with E-state index < -0.39 is 0 Å². The number of nitrogens with two attached hydrogens (primary N) is 2. The Bertz CT molecular complexity index is 1130. The predicted molar refractivity (Wildman–Crippen MR) is 134 cm³/mol. The van der Waals surface area contributed by atoms with Crippen LogP contribution in [-0.2, 0) is 6.54 Å². The van der Waals surface area contributed by atoms with Gasteiger partial charge in [-0.05, 0) is 36.1 Å². The minimum atomic E-state index is 0. The largest absolute Gasteiger partial charge is 0.476 e. The van der Waals surface area contributed by atoms with Gasteiger partial charge in [-0.15, -0.1) is 12.4 Å². The van der Waals surface area contributed by atoms with Gasteiger partial charge in [-0.3, -0.25) is 0 Å². The van der Waals surface area contributed by atoms with Crippen LogP contribution in [0.1, 0.15) is 18.9 Å². The second kappa shape index (κ2) is 11.6. The molecule has 33 heavy (non-hydrogen) atoms. The smallest absolute Gasteiger partial charge is 0.232 e. The zero-order valence-electron chi connectivity index (χ0n) is 18.6. The Morgan fingerprint density at radius 2 is 1.55 bits per heavy atom. The minimum absolute atomic E-state index is 0. The molecular formula is C26H29ClN4O2. The van der Waals surface area contributed by atoms with E-state index in [-0.39, 0.29) is 12.4 Å². The summed E-state index contributed by atoms with van der Waals surface area (Å²) in [6.07, 6.45) is 5.99. The number of hydrogen-bond donors (Lipinski definition) is 2. The van der Waals surface area contributed by atoms with E-state index in [0.717, 1.165) is 45.6 Å². The summed E-state index contributed by atoms with van der Waals surface area (Å²) < 4.78 is 11.1. The van der Waals surface area contributed by atoms with Crippen LogP contribution in [-0.4, -0.2) is 23.1 Å². The van der Waals surface area contributed by atoms with E-state index in [0.29, 0.717) is 31.5 Å². The van der Waals surface area contributed by atoms with Crippen LogP contribution in [0.5, 0.6) is 5.88 Å². The van der Waals surface area contributed by atoms with Crippen LogP contribution < -0.4 is 16.2 Å². The summed E-state index contributed by atoms with van der Waals surface area (Å²) in [5.74, 6) is 0.855. The van der Waals surface area contributed by atoms with Crippen molar-refractivity contribution < 1.29 is 9.15 Å². The zero-order chi connectivity index (χ0) is 22.3. The van der Waals surface area contributed by atoms with Crippen LogP contribution in [0, 0.1) is 5.92 Å². The molecule has 0 fully saturated rings. The zero-order valence-corrected chi connectivity index (χ0v) is 19.4. The van der Waals surface area contributed by atoms with Crippen LogP contribution in [0.25, 0.3) is 33.6 Å². The Labute approximate surface area is 200 Å². The van der Waals surface area contributed by atoms with E-state index in [1.165, 1.54) is 0 Å². The molecule has 4 aromatic rings. The standard InChI is InChI=1S/C26H28N4O2.ClH/c1-18(10-12-27)16-32-24-15-29-25(21-4-2-19(14-28)3-5-21)26(30-24)22-8-6-20(7-9-22)23-11-13-31-17-23;/h2-9,11,13,15,17-18H,10,12,14,16,27-28H2,1H3;1H. The van der Waals surface area contributed by atoms with Crippen LogP contribution in [0.4, 0.5) is 0 Å². The lowest BCUT2D eigenvalue weighted by Gasteiger charge is -2.14. The van der Waals surface area contributed by atoms with Gasteiger partial charge in [0.2, 0.25) is 5.88 Å². The first kappa shape index (κ1) is 24.5. The summed E-state index contributed by atoms with van der Waals surface area (Å²) in [4.78, 5) is 9.55. The third-order valence-electron chi connectivity index (χ3n) is 5.40. The first-order valence-electron chi connectivity index (χ1n) is 10.8. The van der Waals surface area contributed by atoms with E-state index in [4.69, 9.17) is 30.6 Å². The third kappa shape index (κ3) is 5.99. The van der Waals surface area contributed by atoms with Crippen molar-refractivity contribution in [1.82, 2.24) is 9.97 Å². The molecule has 1 atom stereocenters. The third-order valence-corrected chi connectivity index (χ3v) is 5.40. The van der Waals surface area contributed by atoms with Gasteiger partial charge in [-0.25, -0.2) is 9.97 Å². The number of hydrogen-bond acceptors (Lipinski definition) is 6. The number of halogens is 1. The van der Waals surface area contributed by atoms with E-state index in [9.17, 15) is 0 Å². The SMILES string of the molecule is CC(CCN)COc1cnc(-c2ccc(CN)cc2)c(-c2ccc(-c3ccoc3)cc2)n1.Cl. The van der Waals surface area contributed by atoms with E-state index in [1.807, 2.05) is 42.5 Å². The van der Waals surface area contributed by atoms with Crippen LogP contribution in [0.3, 0.4) is 0 Å². The highest BCUT2D eigenvalue weighted by molar-refractivity contribution is 5.85. The average Bonchev–Trinajstić information content (AvgIpc) is 3.38. The van der Waals surface area contributed by atoms with E-state index >= 15 is 0 Å². The Kier molecular flexibility index (Phi) is 8.60. The highest BCUT2D eigenvalue weighted by Crippen LogP contribution is 2.32. The Morgan fingerprint density at radius 1 is 0.879 bits per heavy atom. The molecule has 0 bridgehead atoms. The van der Waals surface area contributed by atoms with Crippen molar-refractivity contribution in [3.05, 3.63) is 78.9 Å². The summed E-state index contributed by atoms with van der Waals surface area (Å²) in [6.45, 7) is 3.81. The molecule has 0 aliphatic carbocycles. The lowest BCUT2D eigenvalue weighted by molar-refractivity contribution is 0.245. The molecule has 2 heterocycles. The van der Waals surface area contributed by atoms with Crippen molar-refractivity contribution >= 4 is 12.4 Å². The van der Waals surface area contributed by atoms with Crippen LogP contribution >= 0.6 is 12.4 Å². The van der Waals surface area contributed by atoms with Gasteiger partial charge in [0.05, 0.1) is 31.0 Å². The molecule has 0 spiro atoms. The summed E-state index contributed by atoms with van der Waals surface area (Å²) in [7, 11) is 0. The van der Waals surface area contributed by atoms with E-state index in [2.05, 4.69) is 19.1 Å². The fraction of sp³-hybridized carbons (Fsp3) is 0.231. The number of nitrogens with zero attached hydrogens (tertiary/aromatic N) is 2. The highest BCUT2D eigenvalue weighted by Gasteiger charge is 2.14. The molecule has 4 N–H and O–H groups in total. The van der Waals surface area contributed by atoms with E-state index in [1.54, 1.807) is 18.7 Å². The van der Waals surface area contributed by atoms with Gasteiger partial charge < -0.3 is 20.6 Å². The fourth-order valence-corrected chi connectivity index (χ4v) is 3.50. The van der Waals surface area contributed by atoms with Gasteiger partial charge in [0, 0.05) is 23.2 Å². The molecular weight excluding hydrogens is 436 g/mol. The monoisotopic (exact) mass is 464 g/mol. The van der Waals surface area contributed by atoms with Crippen molar-refractivity contribution in [2.24, 2.45) is 17.4 Å². The van der Waals surface area contributed by atoms with Crippen LogP contribution in [0.15, 0.2) is 77.7 Å². The van der Waals surface area contributed by atoms with Gasteiger partial charge >= 0.3 is 0 Å². The Morgan fingerprint density at radius 3 is 2.18 bits per heavy atom. The van der Waals surface area contributed by atoms with Crippen molar-refractivity contribution in [2.45, 2.75) is 19.9 Å². The minimum Gasteiger partial charge on any atom is -0.476 e. The summed E-state index contributed by atoms with van der Waals surface area (Å²) in [5, 5.41) is 0. The van der Waals surface area contributed by atoms with Gasteiger partial charge in [0.1, 0.15) is 5.69 Å². The lowest BCUT2D eigenvalue weighted by Crippen LogP contribution is -2.14. The second-order valence-corrected chi connectivity index (χ2v) is 7.89. The maximum Gasteiger partial charge on any atom is 0.232 e. The molecule has 0 saturated carbocycles. The Balaban J connectivity index is 0.00000306. The van der Waals surface area contributed by atoms with Crippen LogP contribution in [0.2, 0.25) is 0 Å². The number of rotatable bonds is 9. The topological polar surface area (TPSA) is 100 Å². The molecule has 6 nitrogen and oxygen atoms in total. The van der Waals surface area contributed by atoms with Crippen molar-refractivity contribution in [1.29, 1.82) is 0 Å². The first-order valence-corrected chi connectivity index (χ1v) is 10.8. The number of ether oxygens (including phenoxy) is 1. The number of benzene rings is 2. The molecule has 0 aliphatic heterocycles. The lowest BCUT2D eigenvalue weighted by atomic mass is 10.0. The van der Waals surface area contributed by atoms with Crippen molar-refractivity contribution in [3.63, 3.8) is 0 Å². The van der Waals surface area contributed by atoms with Gasteiger partial charge in [0.25, 0.3) is 0 Å². The summed E-state index contributed by atoms with van der Waals surface area (Å²) in [5.41, 5.74) is 18.1. The Hall–Kier alpha value is -3.19. The molecule has 7 heteroatoms. The molecule has 172 valence electrons. The van der Waals surface area contributed by atoms with Crippen molar-refractivity contribution in [3.8, 4) is 39.5 Å². The maximum absolute atomic E-state index is 5.93. The molecule has 2 aromatic carbocycles. The molecule has 2 aromatic heterocycles.